The van der Waals surface area contributed by atoms with Gasteiger partial charge in [0.2, 0.25) is 5.91 Å². The number of carbonyl (C=O) groups excluding carboxylic acids is 1. The van der Waals surface area contributed by atoms with E-state index in [9.17, 15) is 4.79 Å². The molecule has 1 aromatic rings. The zero-order chi connectivity index (χ0) is 13.4. The number of piperazine rings is 1. The second-order valence-electron chi connectivity index (χ2n) is 4.04. The van der Waals surface area contributed by atoms with Gasteiger partial charge in [-0.1, -0.05) is 13.8 Å². The number of carbonyl (C=O) groups is 1. The van der Waals surface area contributed by atoms with Crippen LogP contribution in [0.2, 0.25) is 0 Å². The predicted molar refractivity (Wildman–Crippen MR) is 73.1 cm³/mol. The third kappa shape index (κ3) is 4.11. The minimum atomic E-state index is 0.239. The van der Waals surface area contributed by atoms with Crippen molar-refractivity contribution in [1.29, 1.82) is 0 Å². The van der Waals surface area contributed by atoms with Gasteiger partial charge in [-0.05, 0) is 24.6 Å². The van der Waals surface area contributed by atoms with Gasteiger partial charge < -0.3 is 4.90 Å². The second-order valence-corrected chi connectivity index (χ2v) is 4.04. The van der Waals surface area contributed by atoms with Gasteiger partial charge in [-0.25, -0.2) is 0 Å². The van der Waals surface area contributed by atoms with E-state index in [0.29, 0.717) is 6.54 Å². The summed E-state index contributed by atoms with van der Waals surface area (Å²) in [5.74, 6) is 0.239. The Morgan fingerprint density at radius 2 is 1.89 bits per heavy atom. The predicted octanol–water partition coefficient (Wildman–Crippen LogP) is 1.77. The van der Waals surface area contributed by atoms with E-state index in [1.807, 2.05) is 37.8 Å². The lowest BCUT2D eigenvalue weighted by molar-refractivity contribution is -0.135. The summed E-state index contributed by atoms with van der Waals surface area (Å²) in [6, 6.07) is 3.99. The van der Waals surface area contributed by atoms with Crippen LogP contribution < -0.4 is 0 Å². The third-order valence-electron chi connectivity index (χ3n) is 2.93. The highest BCUT2D eigenvalue weighted by Crippen LogP contribution is 2.08. The van der Waals surface area contributed by atoms with Crippen molar-refractivity contribution in [2.45, 2.75) is 27.3 Å². The van der Waals surface area contributed by atoms with E-state index in [4.69, 9.17) is 0 Å². The molecule has 4 nitrogen and oxygen atoms in total. The number of pyridine rings is 1. The number of hydrogen-bond donors (Lipinski definition) is 0. The van der Waals surface area contributed by atoms with Gasteiger partial charge in [0.1, 0.15) is 0 Å². The van der Waals surface area contributed by atoms with Crippen LogP contribution in [0.1, 0.15) is 26.3 Å². The highest BCUT2D eigenvalue weighted by Gasteiger charge is 2.22. The molecule has 1 fully saturated rings. The van der Waals surface area contributed by atoms with Crippen molar-refractivity contribution < 1.29 is 4.79 Å². The quantitative estimate of drug-likeness (QED) is 0.819. The van der Waals surface area contributed by atoms with Crippen LogP contribution in [-0.4, -0.2) is 46.9 Å². The molecule has 1 aromatic heterocycles. The molecule has 1 saturated heterocycles. The van der Waals surface area contributed by atoms with Crippen LogP contribution in [0.5, 0.6) is 0 Å². The first-order chi connectivity index (χ1) is 8.79. The maximum absolute atomic E-state index is 11.7. The first-order valence-electron chi connectivity index (χ1n) is 6.68. The van der Waals surface area contributed by atoms with E-state index in [1.165, 1.54) is 5.56 Å². The van der Waals surface area contributed by atoms with E-state index in [2.05, 4.69) is 9.88 Å². The van der Waals surface area contributed by atoms with Crippen molar-refractivity contribution in [2.24, 2.45) is 0 Å². The fraction of sp³-hybridized carbons (Fsp3) is 0.571. The van der Waals surface area contributed by atoms with E-state index in [0.717, 1.165) is 26.2 Å². The first kappa shape index (κ1) is 14.6. The smallest absolute Gasteiger partial charge is 0.236 e. The first-order valence-corrected chi connectivity index (χ1v) is 6.68. The van der Waals surface area contributed by atoms with Gasteiger partial charge in [0.15, 0.2) is 0 Å². The molecule has 2 heterocycles. The topological polar surface area (TPSA) is 36.4 Å². The van der Waals surface area contributed by atoms with Crippen LogP contribution in [-0.2, 0) is 11.3 Å². The molecule has 0 aromatic carbocycles. The normalized spacial score (nSPS) is 16.2. The number of aromatic nitrogens is 1. The molecule has 0 unspecified atom stereocenters. The lowest BCUT2D eigenvalue weighted by Crippen LogP contribution is -2.49. The van der Waals surface area contributed by atoms with E-state index >= 15 is 0 Å². The van der Waals surface area contributed by atoms with Crippen LogP contribution in [0, 0.1) is 0 Å². The van der Waals surface area contributed by atoms with Crippen LogP contribution in [0.4, 0.5) is 0 Å². The Morgan fingerprint density at radius 1 is 1.22 bits per heavy atom. The van der Waals surface area contributed by atoms with Gasteiger partial charge in [-0.2, -0.15) is 0 Å². The molecule has 1 aliphatic heterocycles. The Balaban J connectivity index is 0.000000771. The summed E-state index contributed by atoms with van der Waals surface area (Å²) in [6.45, 7) is 10.0. The highest BCUT2D eigenvalue weighted by molar-refractivity contribution is 5.78. The fourth-order valence-electron chi connectivity index (χ4n) is 1.97. The molecule has 0 radical (unpaired) electrons. The molecule has 4 heteroatoms. The number of rotatable bonds is 3. The zero-order valence-corrected chi connectivity index (χ0v) is 11.6. The summed E-state index contributed by atoms with van der Waals surface area (Å²) in [7, 11) is 0. The zero-order valence-electron chi connectivity index (χ0n) is 11.6. The minimum absolute atomic E-state index is 0.239. The van der Waals surface area contributed by atoms with Crippen molar-refractivity contribution in [3.63, 3.8) is 0 Å². The summed E-state index contributed by atoms with van der Waals surface area (Å²) in [5.41, 5.74) is 1.22. The van der Waals surface area contributed by atoms with Gasteiger partial charge in [-0.15, -0.1) is 0 Å². The summed E-state index contributed by atoms with van der Waals surface area (Å²) in [5, 5.41) is 0. The van der Waals surface area contributed by atoms with E-state index < -0.39 is 0 Å². The molecule has 0 saturated carbocycles. The molecule has 0 N–H and O–H groups in total. The Labute approximate surface area is 110 Å². The summed E-state index contributed by atoms with van der Waals surface area (Å²) in [4.78, 5) is 19.8. The third-order valence-corrected chi connectivity index (χ3v) is 2.93. The lowest BCUT2D eigenvalue weighted by atomic mass is 10.2. The Bertz CT molecular complexity index is 353. The lowest BCUT2D eigenvalue weighted by Gasteiger charge is -2.33. The average Bonchev–Trinajstić information content (AvgIpc) is 2.42. The molecule has 2 rings (SSSR count). The Hall–Kier alpha value is -1.42. The fourth-order valence-corrected chi connectivity index (χ4v) is 1.97. The number of amides is 1. The molecule has 1 aliphatic rings. The molecule has 0 spiro atoms. The van der Waals surface area contributed by atoms with Crippen LogP contribution >= 0.6 is 0 Å². The SMILES string of the molecule is CC.CCN1CCN(Cc2ccncc2)CC1=O. The van der Waals surface area contributed by atoms with Gasteiger partial charge in [0.05, 0.1) is 6.54 Å². The molecular formula is C14H23N3O. The Morgan fingerprint density at radius 3 is 2.44 bits per heavy atom. The van der Waals surface area contributed by atoms with Gasteiger partial charge >= 0.3 is 0 Å². The maximum Gasteiger partial charge on any atom is 0.236 e. The standard InChI is InChI=1S/C12H17N3O.C2H6/c1-2-15-8-7-14(10-12(15)16)9-11-3-5-13-6-4-11;1-2/h3-6H,2,7-10H2,1H3;1-2H3. The molecule has 100 valence electrons. The van der Waals surface area contributed by atoms with Crippen molar-refractivity contribution in [1.82, 2.24) is 14.8 Å². The largest absolute Gasteiger partial charge is 0.341 e. The molecule has 18 heavy (non-hydrogen) atoms. The average molecular weight is 249 g/mol. The molecule has 0 atom stereocenters. The summed E-state index contributed by atoms with van der Waals surface area (Å²) >= 11 is 0. The van der Waals surface area contributed by atoms with Crippen molar-refractivity contribution in [3.8, 4) is 0 Å². The van der Waals surface area contributed by atoms with Gasteiger partial charge in [0, 0.05) is 38.6 Å². The van der Waals surface area contributed by atoms with Crippen LogP contribution in [0.15, 0.2) is 24.5 Å². The van der Waals surface area contributed by atoms with Crippen molar-refractivity contribution in [3.05, 3.63) is 30.1 Å². The number of hydrogen-bond acceptors (Lipinski definition) is 3. The molecule has 0 bridgehead atoms. The summed E-state index contributed by atoms with van der Waals surface area (Å²) < 4.78 is 0. The summed E-state index contributed by atoms with van der Waals surface area (Å²) in [6.07, 6.45) is 3.58. The van der Waals surface area contributed by atoms with Crippen molar-refractivity contribution in [2.75, 3.05) is 26.2 Å². The molecule has 0 aliphatic carbocycles. The van der Waals surface area contributed by atoms with Crippen LogP contribution in [0.25, 0.3) is 0 Å². The van der Waals surface area contributed by atoms with E-state index in [-0.39, 0.29) is 5.91 Å². The molecule has 1 amide bonds. The second kappa shape index (κ2) is 7.82. The van der Waals surface area contributed by atoms with Gasteiger partial charge in [0.25, 0.3) is 0 Å². The van der Waals surface area contributed by atoms with Crippen molar-refractivity contribution >= 4 is 5.91 Å². The number of likely N-dealkylation sites (N-methyl/N-ethyl adjacent to an activating group) is 1. The van der Waals surface area contributed by atoms with E-state index in [1.54, 1.807) is 12.4 Å². The highest BCUT2D eigenvalue weighted by atomic mass is 16.2. The van der Waals surface area contributed by atoms with Crippen LogP contribution in [0.3, 0.4) is 0 Å². The minimum Gasteiger partial charge on any atom is -0.341 e. The molecular weight excluding hydrogens is 226 g/mol. The number of nitrogens with zero attached hydrogens (tertiary/aromatic N) is 3. The Kier molecular flexibility index (Phi) is 6.36. The van der Waals surface area contributed by atoms with Gasteiger partial charge in [-0.3, -0.25) is 14.7 Å². The monoisotopic (exact) mass is 249 g/mol. The maximum atomic E-state index is 11.7.